The number of nitrogens with one attached hydrogen (secondary N) is 1. The molecule has 0 aliphatic heterocycles. The van der Waals surface area contributed by atoms with Crippen molar-refractivity contribution >= 4 is 0 Å². The van der Waals surface area contributed by atoms with E-state index in [2.05, 4.69) is 15.0 Å². The number of aromatic amines is 1. The smallest absolute Gasteiger partial charge is 0.266 e. The Morgan fingerprint density at radius 2 is 2.25 bits per heavy atom. The highest BCUT2D eigenvalue weighted by molar-refractivity contribution is 5.77. The van der Waals surface area contributed by atoms with Crippen molar-refractivity contribution in [2.24, 2.45) is 0 Å². The Morgan fingerprint density at radius 1 is 1.35 bits per heavy atom. The fraction of sp³-hybridized carbons (Fsp3) is 0. The first-order valence-electron chi connectivity index (χ1n) is 5.77. The van der Waals surface area contributed by atoms with E-state index in [0.717, 1.165) is 0 Å². The summed E-state index contributed by atoms with van der Waals surface area (Å²) in [5, 5.41) is 8.99. The number of nitriles is 1. The molecule has 1 N–H and O–H groups in total. The normalized spacial score (nSPS) is 10.2. The van der Waals surface area contributed by atoms with E-state index in [0.29, 0.717) is 22.7 Å². The van der Waals surface area contributed by atoms with Crippen LogP contribution in [-0.4, -0.2) is 15.0 Å². The summed E-state index contributed by atoms with van der Waals surface area (Å²) in [6, 6.07) is 8.50. The maximum Gasteiger partial charge on any atom is 0.266 e. The van der Waals surface area contributed by atoms with Gasteiger partial charge in [-0.1, -0.05) is 0 Å². The van der Waals surface area contributed by atoms with Crippen molar-refractivity contribution in [1.29, 1.82) is 5.26 Å². The summed E-state index contributed by atoms with van der Waals surface area (Å²) in [5.74, 6) is 0.500. The van der Waals surface area contributed by atoms with Crippen molar-refractivity contribution in [2.45, 2.75) is 0 Å². The molecular weight excluding hydrogens is 256 g/mol. The summed E-state index contributed by atoms with van der Waals surface area (Å²) in [5.41, 5.74) is 1.25. The second-order valence-electron chi connectivity index (χ2n) is 3.98. The van der Waals surface area contributed by atoms with Crippen LogP contribution in [0.15, 0.2) is 52.3 Å². The summed E-state index contributed by atoms with van der Waals surface area (Å²) in [7, 11) is 0. The lowest BCUT2D eigenvalue weighted by atomic mass is 10.1. The maximum atomic E-state index is 11.8. The van der Waals surface area contributed by atoms with Crippen LogP contribution in [0.1, 0.15) is 5.56 Å². The standard InChI is InChI=1S/C14H8N4O2/c15-7-9-6-10(11-3-4-16-8-17-11)13(18-14(9)19)12-2-1-5-20-12/h1-6,8H,(H,18,19). The Bertz CT molecular complexity index is 830. The van der Waals surface area contributed by atoms with Crippen LogP contribution in [0.2, 0.25) is 0 Å². The first kappa shape index (κ1) is 11.9. The van der Waals surface area contributed by atoms with E-state index in [-0.39, 0.29) is 5.56 Å². The number of furan rings is 1. The summed E-state index contributed by atoms with van der Waals surface area (Å²) in [4.78, 5) is 22.5. The highest BCUT2D eigenvalue weighted by atomic mass is 16.3. The molecule has 0 aliphatic rings. The van der Waals surface area contributed by atoms with E-state index in [1.807, 2.05) is 6.07 Å². The number of hydrogen-bond donors (Lipinski definition) is 1. The lowest BCUT2D eigenvalue weighted by Gasteiger charge is -2.06. The largest absolute Gasteiger partial charge is 0.463 e. The van der Waals surface area contributed by atoms with Crippen molar-refractivity contribution in [3.63, 3.8) is 0 Å². The molecule has 3 rings (SSSR count). The third-order valence-electron chi connectivity index (χ3n) is 2.79. The van der Waals surface area contributed by atoms with E-state index < -0.39 is 5.56 Å². The van der Waals surface area contributed by atoms with Crippen LogP contribution in [0, 0.1) is 11.3 Å². The predicted molar refractivity (Wildman–Crippen MR) is 70.5 cm³/mol. The molecule has 0 fully saturated rings. The molecule has 0 aliphatic carbocycles. The maximum absolute atomic E-state index is 11.8. The summed E-state index contributed by atoms with van der Waals surface area (Å²) < 4.78 is 5.31. The highest BCUT2D eigenvalue weighted by Gasteiger charge is 2.14. The van der Waals surface area contributed by atoms with Gasteiger partial charge in [-0.3, -0.25) is 4.79 Å². The number of H-pyrrole nitrogens is 1. The van der Waals surface area contributed by atoms with Crippen molar-refractivity contribution in [3.05, 3.63) is 59.0 Å². The first-order chi connectivity index (χ1) is 9.79. The van der Waals surface area contributed by atoms with Crippen LogP contribution in [0.4, 0.5) is 0 Å². The van der Waals surface area contributed by atoms with Gasteiger partial charge in [-0.25, -0.2) is 9.97 Å². The minimum atomic E-state index is -0.461. The van der Waals surface area contributed by atoms with Gasteiger partial charge in [0.05, 0.1) is 17.7 Å². The molecular formula is C14H8N4O2. The molecule has 0 unspecified atom stereocenters. The molecule has 20 heavy (non-hydrogen) atoms. The average molecular weight is 264 g/mol. The topological polar surface area (TPSA) is 95.6 Å². The average Bonchev–Trinajstić information content (AvgIpc) is 3.02. The summed E-state index contributed by atoms with van der Waals surface area (Å²) in [6.45, 7) is 0. The quantitative estimate of drug-likeness (QED) is 0.763. The van der Waals surface area contributed by atoms with Crippen molar-refractivity contribution < 1.29 is 4.42 Å². The van der Waals surface area contributed by atoms with Crippen LogP contribution in [0.25, 0.3) is 22.7 Å². The molecule has 0 radical (unpaired) electrons. The number of pyridine rings is 1. The van der Waals surface area contributed by atoms with Crippen molar-refractivity contribution in [1.82, 2.24) is 15.0 Å². The molecule has 6 heteroatoms. The van der Waals surface area contributed by atoms with Crippen LogP contribution >= 0.6 is 0 Å². The van der Waals surface area contributed by atoms with Crippen LogP contribution in [-0.2, 0) is 0 Å². The van der Waals surface area contributed by atoms with Gasteiger partial charge in [-0.15, -0.1) is 0 Å². The van der Waals surface area contributed by atoms with Gasteiger partial charge >= 0.3 is 0 Å². The molecule has 3 aromatic heterocycles. The lowest BCUT2D eigenvalue weighted by molar-refractivity contribution is 0.580. The number of aromatic nitrogens is 3. The van der Waals surface area contributed by atoms with Gasteiger partial charge in [0.25, 0.3) is 5.56 Å². The summed E-state index contributed by atoms with van der Waals surface area (Å²) in [6.07, 6.45) is 4.50. The lowest BCUT2D eigenvalue weighted by Crippen LogP contribution is -2.12. The predicted octanol–water partition coefficient (Wildman–Crippen LogP) is 1.96. The van der Waals surface area contributed by atoms with E-state index in [1.54, 1.807) is 24.4 Å². The molecule has 0 amide bonds. The van der Waals surface area contributed by atoms with Crippen LogP contribution in [0.5, 0.6) is 0 Å². The number of nitrogens with zero attached hydrogens (tertiary/aromatic N) is 3. The molecule has 96 valence electrons. The Kier molecular flexibility index (Phi) is 2.86. The van der Waals surface area contributed by atoms with Crippen LogP contribution in [0.3, 0.4) is 0 Å². The number of hydrogen-bond acceptors (Lipinski definition) is 5. The van der Waals surface area contributed by atoms with Gasteiger partial charge in [0.2, 0.25) is 0 Å². The van der Waals surface area contributed by atoms with E-state index >= 15 is 0 Å². The minimum absolute atomic E-state index is 0.0221. The highest BCUT2D eigenvalue weighted by Crippen LogP contribution is 2.28. The van der Waals surface area contributed by atoms with Gasteiger partial charge in [0.1, 0.15) is 18.0 Å². The fourth-order valence-corrected chi connectivity index (χ4v) is 1.88. The second-order valence-corrected chi connectivity index (χ2v) is 3.98. The van der Waals surface area contributed by atoms with Crippen LogP contribution < -0.4 is 5.56 Å². The zero-order chi connectivity index (χ0) is 13.9. The third kappa shape index (κ3) is 1.97. The zero-order valence-electron chi connectivity index (χ0n) is 10.2. The summed E-state index contributed by atoms with van der Waals surface area (Å²) >= 11 is 0. The van der Waals surface area contributed by atoms with Gasteiger partial charge in [-0.05, 0) is 24.3 Å². The van der Waals surface area contributed by atoms with Gasteiger partial charge in [-0.2, -0.15) is 5.26 Å². The molecule has 0 spiro atoms. The zero-order valence-corrected chi connectivity index (χ0v) is 10.2. The molecule has 0 aromatic carbocycles. The Hall–Kier alpha value is -3.20. The van der Waals surface area contributed by atoms with Gasteiger partial charge in [0.15, 0.2) is 5.76 Å². The number of rotatable bonds is 2. The van der Waals surface area contributed by atoms with E-state index in [1.165, 1.54) is 18.7 Å². The second kappa shape index (κ2) is 4.82. The molecule has 0 saturated heterocycles. The van der Waals surface area contributed by atoms with Gasteiger partial charge < -0.3 is 9.40 Å². The molecule has 0 bridgehead atoms. The SMILES string of the molecule is N#Cc1cc(-c2ccncn2)c(-c2ccco2)[nH]c1=O. The molecule has 6 nitrogen and oxygen atoms in total. The van der Waals surface area contributed by atoms with Gasteiger partial charge in [0, 0.05) is 11.8 Å². The molecule has 3 heterocycles. The minimum Gasteiger partial charge on any atom is -0.463 e. The Balaban J connectivity index is 2.32. The first-order valence-corrected chi connectivity index (χ1v) is 5.77. The molecule has 0 saturated carbocycles. The molecule has 0 atom stereocenters. The van der Waals surface area contributed by atoms with Crippen molar-refractivity contribution in [3.8, 4) is 28.8 Å². The van der Waals surface area contributed by atoms with Crippen molar-refractivity contribution in [2.75, 3.05) is 0 Å². The Morgan fingerprint density at radius 3 is 2.90 bits per heavy atom. The van der Waals surface area contributed by atoms with E-state index in [4.69, 9.17) is 9.68 Å². The molecule has 3 aromatic rings. The Labute approximate surface area is 113 Å². The monoisotopic (exact) mass is 264 g/mol. The fourth-order valence-electron chi connectivity index (χ4n) is 1.88. The van der Waals surface area contributed by atoms with E-state index in [9.17, 15) is 4.79 Å². The third-order valence-corrected chi connectivity index (χ3v) is 2.79.